The van der Waals surface area contributed by atoms with Crippen LogP contribution in [0.25, 0.3) is 0 Å². The number of nitrogens with zero attached hydrogens (tertiary/aromatic N) is 2. The number of amides is 1. The van der Waals surface area contributed by atoms with E-state index < -0.39 is 5.84 Å². The van der Waals surface area contributed by atoms with Gasteiger partial charge in [-0.15, -0.1) is 0 Å². The van der Waals surface area contributed by atoms with Gasteiger partial charge in [-0.3, -0.25) is 15.6 Å². The Labute approximate surface area is 145 Å². The Hall–Kier alpha value is -3.66. The third kappa shape index (κ3) is 5.48. The first-order valence-electron chi connectivity index (χ1n) is 7.60. The predicted octanol–water partition coefficient (Wildman–Crippen LogP) is 1.89. The molecule has 5 N–H and O–H groups in total. The molecule has 7 nitrogen and oxygen atoms in total. The second kappa shape index (κ2) is 8.84. The van der Waals surface area contributed by atoms with Crippen molar-refractivity contribution in [1.29, 1.82) is 10.7 Å². The maximum atomic E-state index is 12.2. The molecular weight excluding hydrogens is 316 g/mol. The number of nitrogens with two attached hydrogens (primary N) is 1. The van der Waals surface area contributed by atoms with Gasteiger partial charge in [0.2, 0.25) is 5.71 Å². The topological polar surface area (TPSA) is 127 Å². The Morgan fingerprint density at radius 3 is 2.64 bits per heavy atom. The van der Waals surface area contributed by atoms with E-state index in [9.17, 15) is 4.79 Å². The fourth-order valence-corrected chi connectivity index (χ4v) is 2.06. The Morgan fingerprint density at radius 2 is 1.96 bits per heavy atom. The Morgan fingerprint density at radius 1 is 1.20 bits per heavy atom. The zero-order chi connectivity index (χ0) is 18.1. The number of nitrogens with one attached hydrogen (secondary N) is 3. The molecule has 0 saturated carbocycles. The minimum Gasteiger partial charge on any atom is -0.382 e. The highest BCUT2D eigenvalue weighted by atomic mass is 16.1. The first-order valence-corrected chi connectivity index (χ1v) is 7.60. The average molecular weight is 334 g/mol. The van der Waals surface area contributed by atoms with Gasteiger partial charge in [-0.05, 0) is 30.2 Å². The molecule has 25 heavy (non-hydrogen) atoms. The van der Waals surface area contributed by atoms with Crippen LogP contribution in [0.15, 0.2) is 59.7 Å². The molecule has 0 heterocycles. The van der Waals surface area contributed by atoms with E-state index in [1.54, 1.807) is 30.3 Å². The van der Waals surface area contributed by atoms with Crippen molar-refractivity contribution in [2.24, 2.45) is 10.8 Å². The van der Waals surface area contributed by atoms with Crippen molar-refractivity contribution >= 4 is 23.1 Å². The molecular formula is C18H18N6O. The second-order valence-corrected chi connectivity index (χ2v) is 5.17. The highest BCUT2D eigenvalue weighted by molar-refractivity contribution is 6.45. The molecule has 7 heteroatoms. The predicted molar refractivity (Wildman–Crippen MR) is 97.5 cm³/mol. The maximum absolute atomic E-state index is 12.2. The van der Waals surface area contributed by atoms with Crippen LogP contribution in [0.4, 0.5) is 5.69 Å². The summed E-state index contributed by atoms with van der Waals surface area (Å²) >= 11 is 0. The molecule has 0 unspecified atom stereocenters. The molecule has 2 aromatic rings. The lowest BCUT2D eigenvalue weighted by Gasteiger charge is -2.07. The van der Waals surface area contributed by atoms with Crippen molar-refractivity contribution in [3.05, 3.63) is 65.7 Å². The first kappa shape index (κ1) is 17.7. The lowest BCUT2D eigenvalue weighted by molar-refractivity contribution is 0.0954. The van der Waals surface area contributed by atoms with Crippen molar-refractivity contribution in [2.75, 3.05) is 12.0 Å². The minimum absolute atomic E-state index is 0.198. The van der Waals surface area contributed by atoms with E-state index in [0.29, 0.717) is 17.8 Å². The van der Waals surface area contributed by atoms with Gasteiger partial charge in [0.1, 0.15) is 6.07 Å². The summed E-state index contributed by atoms with van der Waals surface area (Å²) in [4.78, 5) is 12.2. The van der Waals surface area contributed by atoms with Crippen LogP contribution in [-0.2, 0) is 6.42 Å². The van der Waals surface area contributed by atoms with Gasteiger partial charge in [0.05, 0.1) is 5.69 Å². The van der Waals surface area contributed by atoms with Crippen LogP contribution in [-0.4, -0.2) is 24.0 Å². The van der Waals surface area contributed by atoms with Gasteiger partial charge in [-0.25, -0.2) is 0 Å². The number of nitriles is 1. The number of rotatable bonds is 7. The zero-order valence-corrected chi connectivity index (χ0v) is 13.5. The SMILES string of the molecule is N#C/C(=N\Nc1cccc(C(=O)NCCc2ccccc2)c1)C(=N)N. The molecule has 0 aliphatic heterocycles. The van der Waals surface area contributed by atoms with Gasteiger partial charge in [-0.2, -0.15) is 10.4 Å². The van der Waals surface area contributed by atoms with Gasteiger partial charge >= 0.3 is 0 Å². The normalized spacial score (nSPS) is 10.6. The summed E-state index contributed by atoms with van der Waals surface area (Å²) in [5, 5.41) is 22.6. The molecule has 0 bridgehead atoms. The molecule has 2 rings (SSSR count). The number of amidine groups is 1. The molecule has 0 aromatic heterocycles. The van der Waals surface area contributed by atoms with E-state index in [4.69, 9.17) is 16.4 Å². The first-order chi connectivity index (χ1) is 12.1. The summed E-state index contributed by atoms with van der Waals surface area (Å²) in [6, 6.07) is 18.3. The molecule has 0 spiro atoms. The molecule has 126 valence electrons. The monoisotopic (exact) mass is 334 g/mol. The average Bonchev–Trinajstić information content (AvgIpc) is 2.63. The number of hydrogen-bond acceptors (Lipinski definition) is 5. The van der Waals surface area contributed by atoms with E-state index in [0.717, 1.165) is 12.0 Å². The fraction of sp³-hybridized carbons (Fsp3) is 0.111. The number of carbonyl (C=O) groups is 1. The fourth-order valence-electron chi connectivity index (χ4n) is 2.06. The van der Waals surface area contributed by atoms with E-state index in [2.05, 4.69) is 15.8 Å². The highest BCUT2D eigenvalue weighted by Crippen LogP contribution is 2.11. The molecule has 0 fully saturated rings. The van der Waals surface area contributed by atoms with Crippen LogP contribution in [0.1, 0.15) is 15.9 Å². The van der Waals surface area contributed by atoms with Crippen molar-refractivity contribution < 1.29 is 4.79 Å². The highest BCUT2D eigenvalue weighted by Gasteiger charge is 2.06. The van der Waals surface area contributed by atoms with Crippen LogP contribution in [0.3, 0.4) is 0 Å². The van der Waals surface area contributed by atoms with Gasteiger partial charge in [0.15, 0.2) is 5.84 Å². The smallest absolute Gasteiger partial charge is 0.251 e. The number of hydrazone groups is 1. The molecule has 2 aromatic carbocycles. The molecule has 0 radical (unpaired) electrons. The van der Waals surface area contributed by atoms with Crippen LogP contribution >= 0.6 is 0 Å². The van der Waals surface area contributed by atoms with Crippen molar-refractivity contribution in [1.82, 2.24) is 5.32 Å². The van der Waals surface area contributed by atoms with Crippen LogP contribution in [0, 0.1) is 16.7 Å². The maximum Gasteiger partial charge on any atom is 0.251 e. The van der Waals surface area contributed by atoms with Crippen molar-refractivity contribution in [3.63, 3.8) is 0 Å². The lowest BCUT2D eigenvalue weighted by Crippen LogP contribution is -2.25. The third-order valence-corrected chi connectivity index (χ3v) is 3.32. The summed E-state index contributed by atoms with van der Waals surface area (Å²) in [5.41, 5.74) is 9.75. The van der Waals surface area contributed by atoms with E-state index in [1.807, 2.05) is 30.3 Å². The van der Waals surface area contributed by atoms with Gasteiger partial charge < -0.3 is 11.1 Å². The minimum atomic E-state index is -0.426. The van der Waals surface area contributed by atoms with Gasteiger partial charge in [-0.1, -0.05) is 36.4 Å². The van der Waals surface area contributed by atoms with E-state index in [-0.39, 0.29) is 11.6 Å². The molecule has 0 aliphatic rings. The van der Waals surface area contributed by atoms with E-state index in [1.165, 1.54) is 0 Å². The second-order valence-electron chi connectivity index (χ2n) is 5.17. The summed E-state index contributed by atoms with van der Waals surface area (Å²) in [6.45, 7) is 0.529. The Kier molecular flexibility index (Phi) is 6.25. The molecule has 0 aliphatic carbocycles. The largest absolute Gasteiger partial charge is 0.382 e. The van der Waals surface area contributed by atoms with Gasteiger partial charge in [0.25, 0.3) is 5.91 Å². The zero-order valence-electron chi connectivity index (χ0n) is 13.5. The van der Waals surface area contributed by atoms with Gasteiger partial charge in [0, 0.05) is 12.1 Å². The Bertz CT molecular complexity index is 823. The molecule has 0 atom stereocenters. The van der Waals surface area contributed by atoms with Crippen LogP contribution in [0.5, 0.6) is 0 Å². The summed E-state index contributed by atoms with van der Waals surface area (Å²) in [7, 11) is 0. The Balaban J connectivity index is 1.94. The van der Waals surface area contributed by atoms with Crippen molar-refractivity contribution in [2.45, 2.75) is 6.42 Å². The van der Waals surface area contributed by atoms with Crippen LogP contribution < -0.4 is 16.5 Å². The number of carbonyl (C=O) groups excluding carboxylic acids is 1. The summed E-state index contributed by atoms with van der Waals surface area (Å²) in [5.74, 6) is -0.625. The number of hydrogen-bond donors (Lipinski definition) is 4. The van der Waals surface area contributed by atoms with Crippen molar-refractivity contribution in [3.8, 4) is 6.07 Å². The van der Waals surface area contributed by atoms with Crippen LogP contribution in [0.2, 0.25) is 0 Å². The summed E-state index contributed by atoms with van der Waals surface area (Å²) < 4.78 is 0. The molecule has 0 saturated heterocycles. The summed E-state index contributed by atoms with van der Waals surface area (Å²) in [6.07, 6.45) is 0.749. The number of anilines is 1. The number of benzene rings is 2. The van der Waals surface area contributed by atoms with E-state index >= 15 is 0 Å². The lowest BCUT2D eigenvalue weighted by atomic mass is 10.1. The standard InChI is InChI=1S/C18H18N6O/c19-12-16(17(20)21)24-23-15-8-4-7-14(11-15)18(25)22-10-9-13-5-2-1-3-6-13/h1-8,11,23H,9-10H2,(H3,20,21)(H,22,25)/b24-16+. The quantitative estimate of drug-likeness (QED) is 0.350. The third-order valence-electron chi connectivity index (χ3n) is 3.32. The molecule has 1 amide bonds.